The number of carbonyl (C=O) groups is 1. The van der Waals surface area contributed by atoms with Crippen LogP contribution >= 0.6 is 11.6 Å². The Kier molecular flexibility index (Phi) is 4.39. The van der Waals surface area contributed by atoms with Crippen molar-refractivity contribution >= 4 is 45.1 Å². The Morgan fingerprint density at radius 2 is 1.86 bits per heavy atom. The molecular weight excluding hydrogens is 396 g/mol. The number of carboxylic acids is 1. The number of rotatable bonds is 4. The molecule has 4 rings (SSSR count). The van der Waals surface area contributed by atoms with Crippen LogP contribution in [-0.2, 0) is 7.05 Å². The molecule has 0 saturated carbocycles. The minimum atomic E-state index is -1.09. The lowest BCUT2D eigenvalue weighted by atomic mass is 9.97. The standard InChI is InChI=1S/C21H15ClN2O5/c1-23-17-8-5-12(22)9-15(17)18-16(21(25)26)10-14(20(29-2)19(18)23)11-3-6-13(7-4-11)24(27)28/h3-10H,1-2H3,(H,25,26). The topological polar surface area (TPSA) is 94.6 Å². The molecule has 29 heavy (non-hydrogen) atoms. The molecule has 0 aliphatic carbocycles. The molecule has 146 valence electrons. The Hall–Kier alpha value is -3.58. The molecular formula is C21H15ClN2O5. The maximum absolute atomic E-state index is 12.1. The molecule has 0 atom stereocenters. The first kappa shape index (κ1) is 18.8. The lowest BCUT2D eigenvalue weighted by molar-refractivity contribution is -0.384. The number of fused-ring (bicyclic) bond motifs is 3. The zero-order valence-electron chi connectivity index (χ0n) is 15.5. The van der Waals surface area contributed by atoms with E-state index in [1.165, 1.54) is 25.3 Å². The Morgan fingerprint density at radius 1 is 1.17 bits per heavy atom. The van der Waals surface area contributed by atoms with E-state index in [9.17, 15) is 20.0 Å². The first-order valence-corrected chi connectivity index (χ1v) is 8.98. The molecule has 0 bridgehead atoms. The molecule has 1 heterocycles. The number of nitro benzene ring substituents is 1. The third kappa shape index (κ3) is 2.87. The van der Waals surface area contributed by atoms with Crippen molar-refractivity contribution in [2.24, 2.45) is 7.05 Å². The van der Waals surface area contributed by atoms with Gasteiger partial charge in [0.2, 0.25) is 0 Å². The molecule has 0 fully saturated rings. The van der Waals surface area contributed by atoms with E-state index < -0.39 is 10.9 Å². The Balaban J connectivity index is 2.14. The minimum absolute atomic E-state index is 0.0495. The molecule has 0 spiro atoms. The van der Waals surface area contributed by atoms with Crippen LogP contribution in [-0.4, -0.2) is 27.7 Å². The monoisotopic (exact) mass is 410 g/mol. The fourth-order valence-electron chi connectivity index (χ4n) is 3.72. The number of aromatic carboxylic acids is 1. The maximum Gasteiger partial charge on any atom is 0.336 e. The number of non-ortho nitro benzene ring substituents is 1. The normalized spacial score (nSPS) is 11.1. The summed E-state index contributed by atoms with van der Waals surface area (Å²) in [5.41, 5.74) is 2.61. The Labute approximate surface area is 169 Å². The summed E-state index contributed by atoms with van der Waals surface area (Å²) in [7, 11) is 3.33. The molecule has 1 N–H and O–H groups in total. The average Bonchev–Trinajstić information content (AvgIpc) is 2.99. The number of nitrogens with zero attached hydrogens (tertiary/aromatic N) is 2. The maximum atomic E-state index is 12.1. The molecule has 0 aliphatic heterocycles. The number of aromatic nitrogens is 1. The number of benzene rings is 3. The van der Waals surface area contributed by atoms with Gasteiger partial charge in [-0.25, -0.2) is 4.79 Å². The van der Waals surface area contributed by atoms with Crippen LogP contribution in [0, 0.1) is 10.1 Å². The first-order chi connectivity index (χ1) is 13.8. The van der Waals surface area contributed by atoms with E-state index in [2.05, 4.69) is 0 Å². The van der Waals surface area contributed by atoms with Crippen LogP contribution in [0.25, 0.3) is 32.9 Å². The van der Waals surface area contributed by atoms with Gasteiger partial charge in [-0.15, -0.1) is 0 Å². The molecule has 0 unspecified atom stereocenters. The van der Waals surface area contributed by atoms with Crippen molar-refractivity contribution in [3.8, 4) is 16.9 Å². The highest BCUT2D eigenvalue weighted by Gasteiger charge is 2.24. The molecule has 4 aromatic rings. The van der Waals surface area contributed by atoms with E-state index in [1.807, 2.05) is 17.7 Å². The lowest BCUT2D eigenvalue weighted by Gasteiger charge is -2.14. The van der Waals surface area contributed by atoms with Crippen molar-refractivity contribution in [1.29, 1.82) is 0 Å². The van der Waals surface area contributed by atoms with Crippen molar-refractivity contribution in [2.45, 2.75) is 0 Å². The molecule has 0 aliphatic rings. The smallest absolute Gasteiger partial charge is 0.336 e. The molecule has 7 nitrogen and oxygen atoms in total. The van der Waals surface area contributed by atoms with Crippen LogP contribution in [0.2, 0.25) is 5.02 Å². The summed E-state index contributed by atoms with van der Waals surface area (Å²) in [5.74, 6) is -0.609. The zero-order chi connectivity index (χ0) is 20.9. The minimum Gasteiger partial charge on any atom is -0.494 e. The van der Waals surface area contributed by atoms with Gasteiger partial charge in [0.1, 0.15) is 0 Å². The van der Waals surface area contributed by atoms with E-state index in [1.54, 1.807) is 24.3 Å². The van der Waals surface area contributed by atoms with Gasteiger partial charge in [-0.2, -0.15) is 0 Å². The quantitative estimate of drug-likeness (QED) is 0.365. The van der Waals surface area contributed by atoms with Crippen molar-refractivity contribution in [2.75, 3.05) is 7.11 Å². The fraction of sp³-hybridized carbons (Fsp3) is 0.0952. The first-order valence-electron chi connectivity index (χ1n) is 8.60. The van der Waals surface area contributed by atoms with Crippen LogP contribution in [0.15, 0.2) is 48.5 Å². The molecule has 1 aromatic heterocycles. The van der Waals surface area contributed by atoms with Gasteiger partial charge in [-0.05, 0) is 42.0 Å². The second-order valence-electron chi connectivity index (χ2n) is 6.56. The summed E-state index contributed by atoms with van der Waals surface area (Å²) >= 11 is 6.16. The van der Waals surface area contributed by atoms with Gasteiger partial charge in [0, 0.05) is 46.1 Å². The van der Waals surface area contributed by atoms with E-state index in [0.29, 0.717) is 38.2 Å². The number of ether oxygens (including phenoxy) is 1. The second kappa shape index (κ2) is 6.79. The number of carboxylic acid groups (broad SMARTS) is 1. The molecule has 8 heteroatoms. The summed E-state index contributed by atoms with van der Waals surface area (Å²) in [6, 6.07) is 12.7. The predicted octanol–water partition coefficient (Wildman–Crippen LogP) is 5.27. The third-order valence-electron chi connectivity index (χ3n) is 5.00. The van der Waals surface area contributed by atoms with Crippen LogP contribution in [0.5, 0.6) is 5.75 Å². The van der Waals surface area contributed by atoms with Crippen molar-refractivity contribution in [1.82, 2.24) is 4.57 Å². The summed E-state index contributed by atoms with van der Waals surface area (Å²) in [6.07, 6.45) is 0. The van der Waals surface area contributed by atoms with Crippen molar-refractivity contribution in [3.63, 3.8) is 0 Å². The molecule has 0 amide bonds. The highest BCUT2D eigenvalue weighted by atomic mass is 35.5. The lowest BCUT2D eigenvalue weighted by Crippen LogP contribution is -2.01. The SMILES string of the molecule is COc1c(-c2ccc([N+](=O)[O-])cc2)cc(C(=O)O)c2c3cc(Cl)ccc3n(C)c12. The number of methoxy groups -OCH3 is 1. The van der Waals surface area contributed by atoms with Gasteiger partial charge in [-0.3, -0.25) is 10.1 Å². The average molecular weight is 411 g/mol. The summed E-state index contributed by atoms with van der Waals surface area (Å²) in [6.45, 7) is 0. The van der Waals surface area contributed by atoms with Crippen LogP contribution in [0.4, 0.5) is 5.69 Å². The van der Waals surface area contributed by atoms with Gasteiger partial charge < -0.3 is 14.4 Å². The van der Waals surface area contributed by atoms with E-state index in [4.69, 9.17) is 16.3 Å². The van der Waals surface area contributed by atoms with Gasteiger partial charge in [0.25, 0.3) is 5.69 Å². The Morgan fingerprint density at radius 3 is 2.45 bits per heavy atom. The third-order valence-corrected chi connectivity index (χ3v) is 5.24. The predicted molar refractivity (Wildman–Crippen MR) is 111 cm³/mol. The Bertz CT molecular complexity index is 1310. The van der Waals surface area contributed by atoms with Crippen molar-refractivity contribution < 1.29 is 19.6 Å². The summed E-state index contributed by atoms with van der Waals surface area (Å²) < 4.78 is 7.55. The van der Waals surface area contributed by atoms with E-state index in [-0.39, 0.29) is 11.3 Å². The van der Waals surface area contributed by atoms with E-state index in [0.717, 1.165) is 5.52 Å². The van der Waals surface area contributed by atoms with Crippen LogP contribution in [0.3, 0.4) is 0 Å². The second-order valence-corrected chi connectivity index (χ2v) is 6.99. The molecule has 0 radical (unpaired) electrons. The van der Waals surface area contributed by atoms with Gasteiger partial charge in [-0.1, -0.05) is 11.6 Å². The van der Waals surface area contributed by atoms with Gasteiger partial charge in [0.05, 0.1) is 23.1 Å². The van der Waals surface area contributed by atoms with Crippen LogP contribution in [0.1, 0.15) is 10.4 Å². The highest BCUT2D eigenvalue weighted by molar-refractivity contribution is 6.32. The summed E-state index contributed by atoms with van der Waals surface area (Å²) in [5, 5.41) is 22.6. The fourth-order valence-corrected chi connectivity index (χ4v) is 3.89. The number of halogens is 1. The number of nitro groups is 1. The van der Waals surface area contributed by atoms with Gasteiger partial charge >= 0.3 is 5.97 Å². The molecule has 0 saturated heterocycles. The van der Waals surface area contributed by atoms with Crippen LogP contribution < -0.4 is 4.74 Å². The van der Waals surface area contributed by atoms with E-state index >= 15 is 0 Å². The molecule has 3 aromatic carbocycles. The van der Waals surface area contributed by atoms with Gasteiger partial charge in [0.15, 0.2) is 5.75 Å². The number of aryl methyl sites for hydroxylation is 1. The highest BCUT2D eigenvalue weighted by Crippen LogP contribution is 2.43. The largest absolute Gasteiger partial charge is 0.494 e. The summed E-state index contributed by atoms with van der Waals surface area (Å²) in [4.78, 5) is 22.6. The van der Waals surface area contributed by atoms with Crippen molar-refractivity contribution in [3.05, 3.63) is 69.2 Å². The zero-order valence-corrected chi connectivity index (χ0v) is 16.2. The number of hydrogen-bond donors (Lipinski definition) is 1. The number of hydrogen-bond acceptors (Lipinski definition) is 4.